The maximum atomic E-state index is 5.83. The van der Waals surface area contributed by atoms with Crippen LogP contribution >= 0.6 is 15.9 Å². The smallest absolute Gasteiger partial charge is 0.210 e. The second kappa shape index (κ2) is 6.78. The SMILES string of the molecule is Brc1cc(/C=N\Nc2ccccc2)oc1N1CCOCC1. The van der Waals surface area contributed by atoms with Crippen molar-refractivity contribution in [3.05, 3.63) is 46.6 Å². The van der Waals surface area contributed by atoms with E-state index in [0.717, 1.165) is 42.3 Å². The van der Waals surface area contributed by atoms with Crippen molar-refractivity contribution in [2.75, 3.05) is 36.6 Å². The molecule has 1 fully saturated rings. The van der Waals surface area contributed by atoms with E-state index < -0.39 is 0 Å². The van der Waals surface area contributed by atoms with E-state index in [1.54, 1.807) is 6.21 Å². The second-order valence-electron chi connectivity index (χ2n) is 4.64. The van der Waals surface area contributed by atoms with Gasteiger partial charge in [-0.15, -0.1) is 0 Å². The highest BCUT2D eigenvalue weighted by atomic mass is 79.9. The first-order valence-electron chi connectivity index (χ1n) is 6.79. The van der Waals surface area contributed by atoms with Gasteiger partial charge >= 0.3 is 0 Å². The summed E-state index contributed by atoms with van der Waals surface area (Å²) >= 11 is 3.53. The lowest BCUT2D eigenvalue weighted by atomic mass is 10.3. The number of nitrogens with zero attached hydrogens (tertiary/aromatic N) is 2. The molecule has 0 radical (unpaired) electrons. The van der Waals surface area contributed by atoms with Crippen molar-refractivity contribution in [3.8, 4) is 0 Å². The lowest BCUT2D eigenvalue weighted by molar-refractivity contribution is 0.120. The van der Waals surface area contributed by atoms with Crippen molar-refractivity contribution >= 4 is 33.7 Å². The van der Waals surface area contributed by atoms with E-state index in [1.165, 1.54) is 0 Å². The number of rotatable bonds is 4. The summed E-state index contributed by atoms with van der Waals surface area (Å²) in [7, 11) is 0. The molecule has 1 aliphatic heterocycles. The molecular formula is C15H16BrN3O2. The van der Waals surface area contributed by atoms with Crippen molar-refractivity contribution in [2.45, 2.75) is 0 Å². The second-order valence-corrected chi connectivity index (χ2v) is 5.49. The quantitative estimate of drug-likeness (QED) is 0.679. The first-order valence-corrected chi connectivity index (χ1v) is 7.58. The zero-order valence-electron chi connectivity index (χ0n) is 11.5. The van der Waals surface area contributed by atoms with Gasteiger partial charge in [0.15, 0.2) is 5.76 Å². The van der Waals surface area contributed by atoms with Gasteiger partial charge in [-0.3, -0.25) is 5.43 Å². The number of anilines is 2. The van der Waals surface area contributed by atoms with E-state index in [2.05, 4.69) is 31.4 Å². The molecule has 1 aromatic carbocycles. The Kier molecular flexibility index (Phi) is 4.57. The zero-order chi connectivity index (χ0) is 14.5. The van der Waals surface area contributed by atoms with Crippen molar-refractivity contribution < 1.29 is 9.15 Å². The summed E-state index contributed by atoms with van der Waals surface area (Å²) in [6.07, 6.45) is 1.67. The topological polar surface area (TPSA) is 50.0 Å². The van der Waals surface area contributed by atoms with Crippen LogP contribution in [-0.4, -0.2) is 32.5 Å². The third-order valence-electron chi connectivity index (χ3n) is 3.15. The van der Waals surface area contributed by atoms with Crippen LogP contribution in [-0.2, 0) is 4.74 Å². The highest BCUT2D eigenvalue weighted by molar-refractivity contribution is 9.10. The number of nitrogens with one attached hydrogen (secondary N) is 1. The molecular weight excluding hydrogens is 334 g/mol. The Hall–Kier alpha value is -1.79. The molecule has 21 heavy (non-hydrogen) atoms. The standard InChI is InChI=1S/C15H16BrN3O2/c16-14-10-13(11-17-18-12-4-2-1-3-5-12)21-15(14)19-6-8-20-9-7-19/h1-5,10-11,18H,6-9H2/b17-11-. The fraction of sp³-hybridized carbons (Fsp3) is 0.267. The minimum Gasteiger partial charge on any atom is -0.438 e. The molecule has 1 aliphatic rings. The normalized spacial score (nSPS) is 15.6. The number of para-hydroxylation sites is 1. The number of benzene rings is 1. The van der Waals surface area contributed by atoms with Gasteiger partial charge in [0.05, 0.1) is 29.6 Å². The van der Waals surface area contributed by atoms with Crippen LogP contribution in [0.3, 0.4) is 0 Å². The molecule has 1 saturated heterocycles. The summed E-state index contributed by atoms with van der Waals surface area (Å²) in [6, 6.07) is 11.7. The summed E-state index contributed by atoms with van der Waals surface area (Å²) in [6.45, 7) is 3.13. The average molecular weight is 350 g/mol. The molecule has 110 valence electrons. The zero-order valence-corrected chi connectivity index (χ0v) is 13.0. The lowest BCUT2D eigenvalue weighted by Crippen LogP contribution is -2.36. The molecule has 0 bridgehead atoms. The lowest BCUT2D eigenvalue weighted by Gasteiger charge is -2.26. The van der Waals surface area contributed by atoms with Gasteiger partial charge < -0.3 is 14.1 Å². The Bertz CT molecular complexity index is 607. The fourth-order valence-electron chi connectivity index (χ4n) is 2.11. The van der Waals surface area contributed by atoms with Crippen LogP contribution in [0.5, 0.6) is 0 Å². The Balaban J connectivity index is 1.66. The van der Waals surface area contributed by atoms with E-state index in [0.29, 0.717) is 5.76 Å². The van der Waals surface area contributed by atoms with Crippen LogP contribution in [0.2, 0.25) is 0 Å². The summed E-state index contributed by atoms with van der Waals surface area (Å²) < 4.78 is 12.1. The Morgan fingerprint density at radius 3 is 2.71 bits per heavy atom. The van der Waals surface area contributed by atoms with Crippen LogP contribution in [0.25, 0.3) is 0 Å². The molecule has 0 amide bonds. The predicted molar refractivity (Wildman–Crippen MR) is 87.1 cm³/mol. The van der Waals surface area contributed by atoms with E-state index >= 15 is 0 Å². The van der Waals surface area contributed by atoms with E-state index in [4.69, 9.17) is 9.15 Å². The van der Waals surface area contributed by atoms with Crippen LogP contribution < -0.4 is 10.3 Å². The molecule has 1 aromatic heterocycles. The Morgan fingerprint density at radius 1 is 1.19 bits per heavy atom. The summed E-state index contributed by atoms with van der Waals surface area (Å²) in [4.78, 5) is 2.16. The number of morpholine rings is 1. The number of halogens is 1. The van der Waals surface area contributed by atoms with Gasteiger partial charge in [-0.25, -0.2) is 0 Å². The van der Waals surface area contributed by atoms with Crippen LogP contribution in [0.4, 0.5) is 11.6 Å². The molecule has 6 heteroatoms. The number of hydrogen-bond acceptors (Lipinski definition) is 5. The highest BCUT2D eigenvalue weighted by Gasteiger charge is 2.18. The maximum Gasteiger partial charge on any atom is 0.210 e. The first-order chi connectivity index (χ1) is 10.3. The molecule has 0 unspecified atom stereocenters. The largest absolute Gasteiger partial charge is 0.438 e. The minimum absolute atomic E-state index is 0.701. The maximum absolute atomic E-state index is 5.83. The van der Waals surface area contributed by atoms with E-state index in [1.807, 2.05) is 36.4 Å². The molecule has 0 aliphatic carbocycles. The van der Waals surface area contributed by atoms with Crippen molar-refractivity contribution in [2.24, 2.45) is 5.10 Å². The summed E-state index contributed by atoms with van der Waals surface area (Å²) in [5.41, 5.74) is 3.90. The third-order valence-corrected chi connectivity index (χ3v) is 3.71. The molecule has 2 aromatic rings. The monoisotopic (exact) mass is 349 g/mol. The molecule has 0 spiro atoms. The van der Waals surface area contributed by atoms with Gasteiger partial charge in [-0.05, 0) is 28.1 Å². The molecule has 0 saturated carbocycles. The van der Waals surface area contributed by atoms with Gasteiger partial charge in [0.1, 0.15) is 0 Å². The van der Waals surface area contributed by atoms with Crippen LogP contribution in [0.1, 0.15) is 5.76 Å². The van der Waals surface area contributed by atoms with Crippen LogP contribution in [0.15, 0.2) is 50.4 Å². The first kappa shape index (κ1) is 14.2. The van der Waals surface area contributed by atoms with Crippen molar-refractivity contribution in [1.82, 2.24) is 0 Å². The molecule has 2 heterocycles. The Labute approximate surface area is 131 Å². The number of hydrogen-bond donors (Lipinski definition) is 1. The third kappa shape index (κ3) is 3.65. The van der Waals surface area contributed by atoms with Gasteiger partial charge in [0, 0.05) is 19.2 Å². The van der Waals surface area contributed by atoms with Gasteiger partial charge in [-0.1, -0.05) is 18.2 Å². The van der Waals surface area contributed by atoms with Crippen molar-refractivity contribution in [1.29, 1.82) is 0 Å². The molecule has 5 nitrogen and oxygen atoms in total. The number of hydrazone groups is 1. The van der Waals surface area contributed by atoms with Crippen LogP contribution in [0, 0.1) is 0 Å². The van der Waals surface area contributed by atoms with E-state index in [-0.39, 0.29) is 0 Å². The molecule has 0 atom stereocenters. The summed E-state index contributed by atoms with van der Waals surface area (Å²) in [5, 5.41) is 4.18. The van der Waals surface area contributed by atoms with Gasteiger partial charge in [0.2, 0.25) is 5.88 Å². The molecule has 3 rings (SSSR count). The predicted octanol–water partition coefficient (Wildman–Crippen LogP) is 3.32. The highest BCUT2D eigenvalue weighted by Crippen LogP contribution is 2.30. The fourth-order valence-corrected chi connectivity index (χ4v) is 2.66. The Morgan fingerprint density at radius 2 is 1.95 bits per heavy atom. The van der Waals surface area contributed by atoms with Crippen molar-refractivity contribution in [3.63, 3.8) is 0 Å². The van der Waals surface area contributed by atoms with Gasteiger partial charge in [0.25, 0.3) is 0 Å². The number of furan rings is 1. The van der Waals surface area contributed by atoms with Gasteiger partial charge in [-0.2, -0.15) is 5.10 Å². The van der Waals surface area contributed by atoms with E-state index in [9.17, 15) is 0 Å². The summed E-state index contributed by atoms with van der Waals surface area (Å²) in [5.74, 6) is 1.53. The minimum atomic E-state index is 0.701. The number of ether oxygens (including phenoxy) is 1. The average Bonchev–Trinajstić information content (AvgIpc) is 2.90. The molecule has 1 N–H and O–H groups in total.